The first-order chi connectivity index (χ1) is 16.2. The van der Waals surface area contributed by atoms with E-state index in [1.54, 1.807) is 11.1 Å². The molecule has 0 saturated heterocycles. The number of anilines is 2. The van der Waals surface area contributed by atoms with Crippen LogP contribution >= 0.6 is 0 Å². The Morgan fingerprint density at radius 3 is 2.21 bits per heavy atom. The van der Waals surface area contributed by atoms with Crippen LogP contribution in [0.25, 0.3) is 5.57 Å². The van der Waals surface area contributed by atoms with Crippen molar-refractivity contribution >= 4 is 28.8 Å². The molecule has 168 valence electrons. The van der Waals surface area contributed by atoms with Crippen molar-refractivity contribution in [1.29, 1.82) is 0 Å². The number of benzene rings is 3. The lowest BCUT2D eigenvalue weighted by molar-refractivity contribution is -0.137. The lowest BCUT2D eigenvalue weighted by Gasteiger charge is -2.25. The predicted octanol–water partition coefficient (Wildman–Crippen LogP) is 4.56. The predicted molar refractivity (Wildman–Crippen MR) is 128 cm³/mol. The van der Waals surface area contributed by atoms with Crippen LogP contribution in [0.5, 0.6) is 5.75 Å². The largest absolute Gasteiger partial charge is 0.425 e. The van der Waals surface area contributed by atoms with Gasteiger partial charge in [0.25, 0.3) is 0 Å². The third-order valence-electron chi connectivity index (χ3n) is 5.50. The quantitative estimate of drug-likeness (QED) is 0.319. The minimum Gasteiger partial charge on any atom is -0.425 e. The summed E-state index contributed by atoms with van der Waals surface area (Å²) in [5, 5.41) is 10.8. The zero-order valence-electron chi connectivity index (χ0n) is 18.2. The number of nitrogens with zero attached hydrogens (tertiary/aromatic N) is 1. The highest BCUT2D eigenvalue weighted by molar-refractivity contribution is 5.84. The topological polar surface area (TPSA) is 78.9 Å². The Hall–Kier alpha value is -3.90. The van der Waals surface area contributed by atoms with Gasteiger partial charge in [0.2, 0.25) is 5.91 Å². The van der Waals surface area contributed by atoms with Gasteiger partial charge in [0.1, 0.15) is 12.4 Å². The summed E-state index contributed by atoms with van der Waals surface area (Å²) >= 11 is 0. The van der Waals surface area contributed by atoms with Crippen LogP contribution in [0.4, 0.5) is 11.4 Å². The van der Waals surface area contributed by atoms with Crippen molar-refractivity contribution in [2.24, 2.45) is 0 Å². The van der Waals surface area contributed by atoms with E-state index in [4.69, 9.17) is 9.84 Å². The van der Waals surface area contributed by atoms with Crippen LogP contribution in [-0.4, -0.2) is 23.6 Å². The first kappa shape index (κ1) is 22.3. The molecule has 1 aliphatic rings. The third kappa shape index (κ3) is 5.48. The second kappa shape index (κ2) is 10.6. The van der Waals surface area contributed by atoms with Gasteiger partial charge in [0, 0.05) is 12.0 Å². The van der Waals surface area contributed by atoms with Gasteiger partial charge in [-0.2, -0.15) is 0 Å². The number of para-hydroxylation sites is 2. The van der Waals surface area contributed by atoms with Gasteiger partial charge in [-0.1, -0.05) is 54.6 Å². The van der Waals surface area contributed by atoms with Crippen molar-refractivity contribution < 1.29 is 19.4 Å². The zero-order valence-corrected chi connectivity index (χ0v) is 18.2. The number of esters is 1. The number of amides is 1. The van der Waals surface area contributed by atoms with Gasteiger partial charge in [0.05, 0.1) is 11.4 Å². The molecule has 6 heteroatoms. The Morgan fingerprint density at radius 2 is 1.58 bits per heavy atom. The number of carbonyl (C=O) groups excluding carboxylic acids is 2. The number of fused-ring (bicyclic) bond motifs is 1. The number of hydrogen-bond acceptors (Lipinski definition) is 5. The molecule has 3 aromatic rings. The molecule has 0 spiro atoms. The third-order valence-corrected chi connectivity index (χ3v) is 5.50. The lowest BCUT2D eigenvalue weighted by Crippen LogP contribution is -2.38. The molecule has 0 radical (unpaired) electrons. The molecular formula is C27H26N2O4. The van der Waals surface area contributed by atoms with Crippen molar-refractivity contribution in [3.8, 4) is 5.75 Å². The zero-order chi connectivity index (χ0) is 23.0. The van der Waals surface area contributed by atoms with Crippen LogP contribution in [0.15, 0.2) is 84.9 Å². The first-order valence-corrected chi connectivity index (χ1v) is 11.0. The number of rotatable bonds is 7. The van der Waals surface area contributed by atoms with Crippen LogP contribution in [-0.2, 0) is 16.0 Å². The molecule has 0 aliphatic heterocycles. The maximum atomic E-state index is 12.9. The SMILES string of the molecule is O=C(CC=C1CCCc2c(OC(=O)CO)cccc21)NN(c1ccccc1)c1ccccc1. The molecule has 1 aliphatic carbocycles. The molecule has 6 nitrogen and oxygen atoms in total. The van der Waals surface area contributed by atoms with Gasteiger partial charge >= 0.3 is 5.97 Å². The number of ether oxygens (including phenoxy) is 1. The number of carbonyl (C=O) groups is 2. The summed E-state index contributed by atoms with van der Waals surface area (Å²) < 4.78 is 5.28. The minimum atomic E-state index is -0.680. The molecule has 0 aromatic heterocycles. The Kier molecular flexibility index (Phi) is 7.17. The van der Waals surface area contributed by atoms with E-state index < -0.39 is 12.6 Å². The smallest absolute Gasteiger partial charge is 0.337 e. The number of hydrazine groups is 1. The Balaban J connectivity index is 1.52. The van der Waals surface area contributed by atoms with Crippen LogP contribution in [0.1, 0.15) is 30.4 Å². The van der Waals surface area contributed by atoms with Crippen LogP contribution in [0.2, 0.25) is 0 Å². The fraction of sp³-hybridized carbons (Fsp3) is 0.185. The average Bonchev–Trinajstić information content (AvgIpc) is 2.87. The lowest BCUT2D eigenvalue weighted by atomic mass is 9.86. The van der Waals surface area contributed by atoms with Crippen molar-refractivity contribution in [3.63, 3.8) is 0 Å². The van der Waals surface area contributed by atoms with Crippen molar-refractivity contribution in [1.82, 2.24) is 5.43 Å². The fourth-order valence-corrected chi connectivity index (χ4v) is 4.00. The molecule has 0 saturated carbocycles. The van der Waals surface area contributed by atoms with E-state index in [2.05, 4.69) is 5.43 Å². The van der Waals surface area contributed by atoms with Gasteiger partial charge in [-0.15, -0.1) is 0 Å². The monoisotopic (exact) mass is 442 g/mol. The summed E-state index contributed by atoms with van der Waals surface area (Å²) in [5.74, 6) is -0.341. The van der Waals surface area contributed by atoms with Crippen LogP contribution in [0.3, 0.4) is 0 Å². The molecule has 0 fully saturated rings. The molecular weight excluding hydrogens is 416 g/mol. The van der Waals surface area contributed by atoms with Crippen molar-refractivity contribution in [2.75, 3.05) is 11.6 Å². The van der Waals surface area contributed by atoms with Gasteiger partial charge in [-0.25, -0.2) is 4.79 Å². The highest BCUT2D eigenvalue weighted by Gasteiger charge is 2.20. The van der Waals surface area contributed by atoms with Crippen molar-refractivity contribution in [2.45, 2.75) is 25.7 Å². The minimum absolute atomic E-state index is 0.134. The van der Waals surface area contributed by atoms with Gasteiger partial charge in [-0.05, 0) is 60.7 Å². The van der Waals surface area contributed by atoms with E-state index in [-0.39, 0.29) is 12.3 Å². The summed E-state index contributed by atoms with van der Waals surface area (Å²) in [6, 6.07) is 24.9. The number of aliphatic hydroxyl groups is 1. The van der Waals surface area contributed by atoms with E-state index >= 15 is 0 Å². The molecule has 0 bridgehead atoms. The highest BCUT2D eigenvalue weighted by Crippen LogP contribution is 2.36. The normalized spacial score (nSPS) is 13.8. The molecule has 1 amide bonds. The standard InChI is InChI=1S/C27H26N2O4/c30-19-27(32)33-25-16-8-14-23-20(9-7-15-24(23)25)17-18-26(31)28-29(21-10-3-1-4-11-21)22-12-5-2-6-13-22/h1-6,8,10-14,16-17,30H,7,9,15,18-19H2,(H,28,31). The summed E-state index contributed by atoms with van der Waals surface area (Å²) in [4.78, 5) is 24.5. The second-order valence-corrected chi connectivity index (χ2v) is 7.74. The molecule has 4 rings (SSSR count). The molecule has 0 heterocycles. The number of allylic oxidation sites excluding steroid dienone is 1. The molecule has 33 heavy (non-hydrogen) atoms. The summed E-state index contributed by atoms with van der Waals surface area (Å²) in [6.07, 6.45) is 4.68. The summed E-state index contributed by atoms with van der Waals surface area (Å²) in [7, 11) is 0. The number of nitrogens with one attached hydrogen (secondary N) is 1. The molecule has 2 N–H and O–H groups in total. The first-order valence-electron chi connectivity index (χ1n) is 11.0. The molecule has 3 aromatic carbocycles. The van der Waals surface area contributed by atoms with E-state index in [0.29, 0.717) is 5.75 Å². The van der Waals surface area contributed by atoms with Crippen molar-refractivity contribution in [3.05, 3.63) is 96.1 Å². The summed E-state index contributed by atoms with van der Waals surface area (Å²) in [5.41, 5.74) is 7.72. The van der Waals surface area contributed by atoms with E-state index in [1.807, 2.05) is 78.9 Å². The Morgan fingerprint density at radius 1 is 0.909 bits per heavy atom. The van der Waals surface area contributed by atoms with Crippen LogP contribution < -0.4 is 15.2 Å². The van der Waals surface area contributed by atoms with Crippen LogP contribution in [0, 0.1) is 0 Å². The second-order valence-electron chi connectivity index (χ2n) is 7.74. The summed E-state index contributed by atoms with van der Waals surface area (Å²) in [6.45, 7) is -0.661. The van der Waals surface area contributed by atoms with E-state index in [9.17, 15) is 9.59 Å². The maximum absolute atomic E-state index is 12.9. The molecule has 0 atom stereocenters. The van der Waals surface area contributed by atoms with Gasteiger partial charge < -0.3 is 9.84 Å². The van der Waals surface area contributed by atoms with E-state index in [1.165, 1.54) is 0 Å². The maximum Gasteiger partial charge on any atom is 0.337 e. The van der Waals surface area contributed by atoms with E-state index in [0.717, 1.165) is 47.3 Å². The highest BCUT2D eigenvalue weighted by atomic mass is 16.5. The Labute approximate surface area is 193 Å². The molecule has 0 unspecified atom stereocenters. The average molecular weight is 443 g/mol. The Bertz CT molecular complexity index is 1100. The number of hydrogen-bond donors (Lipinski definition) is 2. The fourth-order valence-electron chi connectivity index (χ4n) is 4.00. The number of aliphatic hydroxyl groups excluding tert-OH is 1. The van der Waals surface area contributed by atoms with Gasteiger partial charge in [-0.3, -0.25) is 15.2 Å². The van der Waals surface area contributed by atoms with Gasteiger partial charge in [0.15, 0.2) is 0 Å².